The first-order valence-corrected chi connectivity index (χ1v) is 4.64. The van der Waals surface area contributed by atoms with Crippen LogP contribution in [0.15, 0.2) is 0 Å². The number of hydrogen-bond donors (Lipinski definition) is 3. The molecule has 0 aliphatic heterocycles. The molecule has 0 aromatic heterocycles. The van der Waals surface area contributed by atoms with Crippen molar-refractivity contribution >= 4 is 58.3 Å². The Labute approximate surface area is 107 Å². The normalized spacial score (nSPS) is 10.8. The first-order chi connectivity index (χ1) is 5.02. The first kappa shape index (κ1) is 15.4. The van der Waals surface area contributed by atoms with Gasteiger partial charge in [-0.25, -0.2) is 0 Å². The van der Waals surface area contributed by atoms with Crippen LogP contribution < -0.4 is 10.6 Å². The summed E-state index contributed by atoms with van der Waals surface area (Å²) < 4.78 is 0.860. The van der Waals surface area contributed by atoms with Crippen molar-refractivity contribution in [2.45, 2.75) is 13.0 Å². The Morgan fingerprint density at radius 2 is 2.08 bits per heavy atom. The average Bonchev–Trinajstić information content (AvgIpc) is 1.82. The molecule has 0 amide bonds. The maximum atomic E-state index is 4.72. The standard InChI is InChI=1S/C5H10N2S4.Zn/c1-3(7-5(10)11)2-6-4(8)9;/h3H,2H2,1H3,(H2,6,8,9)(H2,7,10,11);/q;+2/p-1. The predicted molar refractivity (Wildman–Crippen MR) is 62.1 cm³/mol. The van der Waals surface area contributed by atoms with Crippen LogP contribution in [0.4, 0.5) is 0 Å². The van der Waals surface area contributed by atoms with Crippen molar-refractivity contribution in [3.63, 3.8) is 0 Å². The third-order valence-electron chi connectivity index (χ3n) is 0.922. The van der Waals surface area contributed by atoms with Crippen molar-refractivity contribution in [1.82, 2.24) is 10.6 Å². The molecule has 0 aliphatic rings. The van der Waals surface area contributed by atoms with Gasteiger partial charge < -0.3 is 35.5 Å². The van der Waals surface area contributed by atoms with Crippen molar-refractivity contribution in [2.75, 3.05) is 6.54 Å². The van der Waals surface area contributed by atoms with E-state index in [-0.39, 0.29) is 25.5 Å². The van der Waals surface area contributed by atoms with Crippen molar-refractivity contribution in [2.24, 2.45) is 0 Å². The molecule has 0 aromatic rings. The molecule has 2 nitrogen and oxygen atoms in total. The molecule has 7 heteroatoms. The summed E-state index contributed by atoms with van der Waals surface area (Å²) in [6, 6.07) is 0.195. The Kier molecular flexibility index (Phi) is 11.0. The van der Waals surface area contributed by atoms with Crippen LogP contribution in [0.3, 0.4) is 0 Å². The van der Waals surface area contributed by atoms with Gasteiger partial charge in [-0.05, 0) is 6.92 Å². The molecule has 12 heavy (non-hydrogen) atoms. The van der Waals surface area contributed by atoms with E-state index in [9.17, 15) is 0 Å². The van der Waals surface area contributed by atoms with Gasteiger partial charge in [-0.1, -0.05) is 16.5 Å². The van der Waals surface area contributed by atoms with Crippen LogP contribution in [-0.2, 0) is 32.1 Å². The molecule has 0 bridgehead atoms. The van der Waals surface area contributed by atoms with Gasteiger partial charge in [-0.3, -0.25) is 0 Å². The van der Waals surface area contributed by atoms with Gasteiger partial charge in [-0.15, -0.1) is 12.6 Å². The molecular weight excluding hydrogens is 282 g/mol. The Hall–Kier alpha value is 0.973. The second-order valence-electron chi connectivity index (χ2n) is 2.02. The van der Waals surface area contributed by atoms with Crippen LogP contribution in [0.1, 0.15) is 6.92 Å². The minimum Gasteiger partial charge on any atom is -0.412 e. The van der Waals surface area contributed by atoms with Crippen molar-refractivity contribution in [3.8, 4) is 0 Å². The molecule has 0 radical (unpaired) electrons. The summed E-state index contributed by atoms with van der Waals surface area (Å²) in [6.45, 7) is 2.63. The fourth-order valence-corrected chi connectivity index (χ4v) is 1.09. The Morgan fingerprint density at radius 1 is 1.58 bits per heavy atom. The van der Waals surface area contributed by atoms with E-state index in [0.717, 1.165) is 0 Å². The minimum atomic E-state index is 0. The summed E-state index contributed by atoms with van der Waals surface area (Å²) in [6.07, 6.45) is 0. The van der Waals surface area contributed by atoms with Crippen molar-refractivity contribution in [3.05, 3.63) is 0 Å². The molecule has 2 N–H and O–H groups in total. The molecule has 0 aromatic carbocycles. The fraction of sp³-hybridized carbons (Fsp3) is 0.600. The number of thiocarbonyl (C=S) groups is 2. The Bertz CT molecular complexity index is 164. The summed E-state index contributed by atoms with van der Waals surface area (Å²) in [4.78, 5) is 0. The van der Waals surface area contributed by atoms with Crippen LogP contribution in [0.5, 0.6) is 0 Å². The molecule has 1 unspecified atom stereocenters. The first-order valence-electron chi connectivity index (χ1n) is 2.96. The van der Waals surface area contributed by atoms with E-state index in [0.29, 0.717) is 15.2 Å². The van der Waals surface area contributed by atoms with Gasteiger partial charge >= 0.3 is 19.5 Å². The van der Waals surface area contributed by atoms with Gasteiger partial charge in [0.2, 0.25) is 0 Å². The van der Waals surface area contributed by atoms with E-state index < -0.39 is 0 Å². The molecule has 0 aliphatic carbocycles. The van der Waals surface area contributed by atoms with Crippen molar-refractivity contribution in [1.29, 1.82) is 0 Å². The summed E-state index contributed by atoms with van der Waals surface area (Å²) in [5.74, 6) is 0. The van der Waals surface area contributed by atoms with Crippen LogP contribution in [-0.4, -0.2) is 21.2 Å². The fourth-order valence-electron chi connectivity index (χ4n) is 0.498. The van der Waals surface area contributed by atoms with Gasteiger partial charge in [0.25, 0.3) is 0 Å². The molecule has 64 valence electrons. The smallest absolute Gasteiger partial charge is 0.412 e. The number of rotatable bonds is 3. The molecule has 0 spiro atoms. The van der Waals surface area contributed by atoms with Crippen LogP contribution in [0.25, 0.3) is 0 Å². The third-order valence-corrected chi connectivity index (χ3v) is 1.46. The molecule has 1 atom stereocenters. The van der Waals surface area contributed by atoms with E-state index in [2.05, 4.69) is 48.1 Å². The van der Waals surface area contributed by atoms with Crippen LogP contribution in [0, 0.1) is 0 Å². The molecule has 0 saturated carbocycles. The molecule has 0 saturated heterocycles. The zero-order valence-corrected chi connectivity index (χ0v) is 13.0. The maximum Gasteiger partial charge on any atom is 2.00 e. The maximum absolute atomic E-state index is 4.72. The van der Waals surface area contributed by atoms with E-state index in [1.165, 1.54) is 0 Å². The second-order valence-corrected chi connectivity index (χ2v) is 4.25. The van der Waals surface area contributed by atoms with Gasteiger partial charge in [0.05, 0.1) is 0 Å². The number of hydrogen-bond acceptors (Lipinski definition) is 3. The van der Waals surface area contributed by atoms with Gasteiger partial charge in [-0.2, -0.15) is 0 Å². The van der Waals surface area contributed by atoms with Gasteiger partial charge in [0, 0.05) is 12.6 Å². The van der Waals surface area contributed by atoms with E-state index in [1.54, 1.807) is 0 Å². The van der Waals surface area contributed by atoms with E-state index in [1.807, 2.05) is 6.92 Å². The predicted octanol–water partition coefficient (Wildman–Crippen LogP) is 0.598. The van der Waals surface area contributed by atoms with Crippen molar-refractivity contribution < 1.29 is 19.5 Å². The zero-order chi connectivity index (χ0) is 8.85. The third kappa shape index (κ3) is 11.0. The largest absolute Gasteiger partial charge is 2.00 e. The van der Waals surface area contributed by atoms with E-state index in [4.69, 9.17) is 12.2 Å². The van der Waals surface area contributed by atoms with E-state index >= 15 is 0 Å². The number of nitrogens with one attached hydrogen (secondary N) is 2. The molecular formula is C5H9N2S4Zn+. The molecule has 0 heterocycles. The summed E-state index contributed by atoms with van der Waals surface area (Å²) in [5.41, 5.74) is 0. The topological polar surface area (TPSA) is 24.1 Å². The summed E-state index contributed by atoms with van der Waals surface area (Å²) >= 11 is 17.9. The van der Waals surface area contributed by atoms with Gasteiger partial charge in [0.1, 0.15) is 4.32 Å². The SMILES string of the molecule is CC(CNC(=S)[S-])NC(=S)S.[Zn+2]. The summed E-state index contributed by atoms with van der Waals surface area (Å²) in [7, 11) is 0. The second kappa shape index (κ2) is 8.57. The van der Waals surface area contributed by atoms with Gasteiger partial charge in [0.15, 0.2) is 0 Å². The molecule has 0 fully saturated rings. The minimum absolute atomic E-state index is 0. The average molecular weight is 291 g/mol. The monoisotopic (exact) mass is 289 g/mol. The Morgan fingerprint density at radius 3 is 2.42 bits per heavy atom. The quantitative estimate of drug-likeness (QED) is 0.306. The zero-order valence-electron chi connectivity index (χ0n) is 6.66. The Balaban J connectivity index is 0. The molecule has 0 rings (SSSR count). The van der Waals surface area contributed by atoms with Crippen LogP contribution >= 0.6 is 37.1 Å². The summed E-state index contributed by atoms with van der Waals surface area (Å²) in [5, 5.41) is 5.77. The number of thiol groups is 1. The van der Waals surface area contributed by atoms with Crippen LogP contribution in [0.2, 0.25) is 0 Å².